The summed E-state index contributed by atoms with van der Waals surface area (Å²) in [7, 11) is 0. The van der Waals surface area contributed by atoms with Gasteiger partial charge in [0.25, 0.3) is 5.91 Å². The Bertz CT molecular complexity index is 1260. The molecule has 3 aromatic rings. The maximum Gasteiger partial charge on any atom is 0.265 e. The summed E-state index contributed by atoms with van der Waals surface area (Å²) in [6, 6.07) is 21.2. The van der Waals surface area contributed by atoms with Crippen LogP contribution in [0.5, 0.6) is 11.5 Å². The average molecular weight is 485 g/mol. The van der Waals surface area contributed by atoms with Gasteiger partial charge in [0.2, 0.25) is 5.91 Å². The van der Waals surface area contributed by atoms with Gasteiger partial charge in [-0.15, -0.1) is 0 Å². The van der Waals surface area contributed by atoms with Crippen LogP contribution in [0.1, 0.15) is 37.5 Å². The lowest BCUT2D eigenvalue weighted by Crippen LogP contribution is -2.41. The third kappa shape index (κ3) is 6.33. The van der Waals surface area contributed by atoms with Gasteiger partial charge in [0.1, 0.15) is 18.1 Å². The summed E-state index contributed by atoms with van der Waals surface area (Å²) in [5.41, 5.74) is 4.60. The number of benzene rings is 3. The van der Waals surface area contributed by atoms with Crippen molar-refractivity contribution >= 4 is 29.3 Å². The van der Waals surface area contributed by atoms with E-state index in [0.717, 1.165) is 16.9 Å². The molecule has 0 spiro atoms. The minimum Gasteiger partial charge on any atom is -0.492 e. The highest BCUT2D eigenvalue weighted by molar-refractivity contribution is 6.03. The third-order valence-electron chi connectivity index (χ3n) is 5.98. The number of carbonyl (C=O) groups excluding carboxylic acids is 2. The standard InChI is InChI=1S/C30H32N2O4/c1-21-5-7-22(8-6-21)9-16-28(33)31-24-12-15-27-26(19-24)32(29(34)20-36-27)17-18-35-25-13-10-23(11-14-25)30(2,3)4/h5-16,19H,17-18,20H2,1-4H3,(H,31,33)/b16-9+. The summed E-state index contributed by atoms with van der Waals surface area (Å²) >= 11 is 0. The van der Waals surface area contributed by atoms with E-state index in [4.69, 9.17) is 9.47 Å². The molecule has 0 aliphatic carbocycles. The molecule has 1 aliphatic rings. The number of hydrogen-bond acceptors (Lipinski definition) is 4. The molecule has 0 saturated carbocycles. The van der Waals surface area contributed by atoms with E-state index in [1.165, 1.54) is 11.6 Å². The monoisotopic (exact) mass is 484 g/mol. The molecule has 0 radical (unpaired) electrons. The van der Waals surface area contributed by atoms with E-state index in [0.29, 0.717) is 30.3 Å². The van der Waals surface area contributed by atoms with Crippen molar-refractivity contribution in [3.63, 3.8) is 0 Å². The van der Waals surface area contributed by atoms with Gasteiger partial charge in [0.05, 0.1) is 12.2 Å². The second-order valence-corrected chi connectivity index (χ2v) is 9.87. The van der Waals surface area contributed by atoms with Gasteiger partial charge in [-0.2, -0.15) is 0 Å². The van der Waals surface area contributed by atoms with Gasteiger partial charge in [-0.05, 0) is 59.9 Å². The van der Waals surface area contributed by atoms with Crippen molar-refractivity contribution in [1.82, 2.24) is 0 Å². The van der Waals surface area contributed by atoms with Crippen LogP contribution in [0, 0.1) is 6.92 Å². The first-order valence-electron chi connectivity index (χ1n) is 12.1. The highest BCUT2D eigenvalue weighted by Gasteiger charge is 2.26. The summed E-state index contributed by atoms with van der Waals surface area (Å²) in [4.78, 5) is 26.7. The van der Waals surface area contributed by atoms with Crippen molar-refractivity contribution in [1.29, 1.82) is 0 Å². The van der Waals surface area contributed by atoms with Gasteiger partial charge in [-0.3, -0.25) is 9.59 Å². The van der Waals surface area contributed by atoms with E-state index < -0.39 is 0 Å². The maximum absolute atomic E-state index is 12.6. The van der Waals surface area contributed by atoms with Crippen LogP contribution in [0.25, 0.3) is 6.08 Å². The Balaban J connectivity index is 1.40. The van der Waals surface area contributed by atoms with Crippen LogP contribution in [0.15, 0.2) is 72.8 Å². The fourth-order valence-corrected chi connectivity index (χ4v) is 3.86. The summed E-state index contributed by atoms with van der Waals surface area (Å²) in [5, 5.41) is 2.86. The zero-order valence-corrected chi connectivity index (χ0v) is 21.2. The summed E-state index contributed by atoms with van der Waals surface area (Å²) in [6.07, 6.45) is 3.25. The highest BCUT2D eigenvalue weighted by Crippen LogP contribution is 2.34. The van der Waals surface area contributed by atoms with E-state index in [2.05, 4.69) is 38.2 Å². The molecule has 3 aromatic carbocycles. The number of carbonyl (C=O) groups is 2. The Hall–Kier alpha value is -4.06. The Labute approximate surface area is 212 Å². The third-order valence-corrected chi connectivity index (χ3v) is 5.98. The molecule has 1 aliphatic heterocycles. The number of hydrogen-bond donors (Lipinski definition) is 1. The first kappa shape index (κ1) is 25.0. The van der Waals surface area contributed by atoms with Crippen LogP contribution < -0.4 is 19.7 Å². The number of amides is 2. The predicted molar refractivity (Wildman–Crippen MR) is 144 cm³/mol. The van der Waals surface area contributed by atoms with E-state index in [1.54, 1.807) is 29.2 Å². The number of nitrogens with one attached hydrogen (secondary N) is 1. The summed E-state index contributed by atoms with van der Waals surface area (Å²) in [6.45, 7) is 9.18. The second-order valence-electron chi connectivity index (χ2n) is 9.87. The molecule has 0 bridgehead atoms. The van der Waals surface area contributed by atoms with Crippen LogP contribution in [0.3, 0.4) is 0 Å². The first-order chi connectivity index (χ1) is 17.2. The van der Waals surface area contributed by atoms with Gasteiger partial charge in [0.15, 0.2) is 6.61 Å². The Morgan fingerprint density at radius 2 is 1.78 bits per heavy atom. The minimum atomic E-state index is -0.257. The van der Waals surface area contributed by atoms with Crippen LogP contribution in [0.4, 0.5) is 11.4 Å². The van der Waals surface area contributed by atoms with Crippen molar-refractivity contribution in [2.45, 2.75) is 33.1 Å². The summed E-state index contributed by atoms with van der Waals surface area (Å²) < 4.78 is 11.5. The molecule has 186 valence electrons. The van der Waals surface area contributed by atoms with Crippen LogP contribution in [-0.4, -0.2) is 31.6 Å². The molecule has 4 rings (SSSR count). The molecule has 1 heterocycles. The Morgan fingerprint density at radius 1 is 1.06 bits per heavy atom. The van der Waals surface area contributed by atoms with Crippen molar-refractivity contribution < 1.29 is 19.1 Å². The number of aryl methyl sites for hydroxylation is 1. The van der Waals surface area contributed by atoms with Gasteiger partial charge in [-0.1, -0.05) is 62.7 Å². The average Bonchev–Trinajstić information content (AvgIpc) is 2.85. The molecule has 0 aromatic heterocycles. The number of anilines is 2. The molecule has 36 heavy (non-hydrogen) atoms. The molecule has 0 unspecified atom stereocenters. The predicted octanol–water partition coefficient (Wildman–Crippen LogP) is 5.75. The van der Waals surface area contributed by atoms with Crippen LogP contribution in [0.2, 0.25) is 0 Å². The lowest BCUT2D eigenvalue weighted by atomic mass is 9.87. The van der Waals surface area contributed by atoms with Gasteiger partial charge < -0.3 is 19.7 Å². The largest absolute Gasteiger partial charge is 0.492 e. The number of fused-ring (bicyclic) bond motifs is 1. The van der Waals surface area contributed by atoms with Crippen molar-refractivity contribution in [2.24, 2.45) is 0 Å². The van der Waals surface area contributed by atoms with Gasteiger partial charge in [-0.25, -0.2) is 0 Å². The maximum atomic E-state index is 12.6. The molecular formula is C30H32N2O4. The van der Waals surface area contributed by atoms with E-state index in [-0.39, 0.29) is 23.8 Å². The lowest BCUT2D eigenvalue weighted by molar-refractivity contribution is -0.121. The molecule has 0 saturated heterocycles. The molecule has 0 atom stereocenters. The Morgan fingerprint density at radius 3 is 2.47 bits per heavy atom. The molecule has 0 fully saturated rings. The van der Waals surface area contributed by atoms with Crippen molar-refractivity contribution in [3.05, 3.63) is 89.5 Å². The second kappa shape index (κ2) is 10.7. The molecule has 2 amide bonds. The fraction of sp³-hybridized carbons (Fsp3) is 0.267. The van der Waals surface area contributed by atoms with E-state index in [9.17, 15) is 9.59 Å². The van der Waals surface area contributed by atoms with Crippen LogP contribution >= 0.6 is 0 Å². The number of rotatable bonds is 7. The highest BCUT2D eigenvalue weighted by atomic mass is 16.5. The normalized spacial score (nSPS) is 13.3. The van der Waals surface area contributed by atoms with E-state index in [1.807, 2.05) is 43.3 Å². The number of nitrogens with zero attached hydrogens (tertiary/aromatic N) is 1. The van der Waals surface area contributed by atoms with Crippen LogP contribution in [-0.2, 0) is 15.0 Å². The summed E-state index contributed by atoms with van der Waals surface area (Å²) in [5.74, 6) is 0.937. The van der Waals surface area contributed by atoms with E-state index >= 15 is 0 Å². The number of ether oxygens (including phenoxy) is 2. The smallest absolute Gasteiger partial charge is 0.265 e. The van der Waals surface area contributed by atoms with Gasteiger partial charge in [0, 0.05) is 11.8 Å². The molecule has 6 heteroatoms. The molecule has 1 N–H and O–H groups in total. The zero-order chi connectivity index (χ0) is 25.7. The molecular weight excluding hydrogens is 452 g/mol. The van der Waals surface area contributed by atoms with Crippen molar-refractivity contribution in [3.8, 4) is 11.5 Å². The SMILES string of the molecule is Cc1ccc(/C=C/C(=O)Nc2ccc3c(c2)N(CCOc2ccc(C(C)(C)C)cc2)C(=O)CO3)cc1. The zero-order valence-electron chi connectivity index (χ0n) is 21.2. The van der Waals surface area contributed by atoms with Gasteiger partial charge >= 0.3 is 0 Å². The topological polar surface area (TPSA) is 67.9 Å². The lowest BCUT2D eigenvalue weighted by Gasteiger charge is -2.29. The quantitative estimate of drug-likeness (QED) is 0.434. The first-order valence-corrected chi connectivity index (χ1v) is 12.1. The fourth-order valence-electron chi connectivity index (χ4n) is 3.86. The van der Waals surface area contributed by atoms with Crippen molar-refractivity contribution in [2.75, 3.05) is 30.0 Å². The molecule has 6 nitrogen and oxygen atoms in total. The minimum absolute atomic E-state index is 0.0295. The Kier molecular flexibility index (Phi) is 7.44.